The summed E-state index contributed by atoms with van der Waals surface area (Å²) < 4.78 is 6.31. The first kappa shape index (κ1) is 18.8. The second kappa shape index (κ2) is 8.54. The molecule has 0 amide bonds. The molecular weight excluding hydrogens is 298 g/mol. The molecular formula is C20H33N3O. The van der Waals surface area contributed by atoms with Crippen LogP contribution in [0.25, 0.3) is 5.57 Å². The molecule has 0 aliphatic carbocycles. The molecule has 0 radical (unpaired) electrons. The van der Waals surface area contributed by atoms with Gasteiger partial charge in [-0.05, 0) is 78.7 Å². The number of benzene rings is 1. The molecule has 0 fully saturated rings. The van der Waals surface area contributed by atoms with Gasteiger partial charge in [-0.25, -0.2) is 0 Å². The minimum absolute atomic E-state index is 0.0200. The summed E-state index contributed by atoms with van der Waals surface area (Å²) in [6.45, 7) is 10.7. The maximum Gasteiger partial charge on any atom is 0.172 e. The van der Waals surface area contributed by atoms with Gasteiger partial charge in [0, 0.05) is 37.0 Å². The number of rotatable bonds is 8. The molecule has 1 aromatic rings. The van der Waals surface area contributed by atoms with E-state index >= 15 is 0 Å². The summed E-state index contributed by atoms with van der Waals surface area (Å²) in [5.74, 6) is 1.00. The Labute approximate surface area is 147 Å². The smallest absolute Gasteiger partial charge is 0.172 e. The van der Waals surface area contributed by atoms with Crippen molar-refractivity contribution in [1.82, 2.24) is 9.80 Å². The Hall–Kier alpha value is -1.52. The molecule has 2 rings (SSSR count). The highest BCUT2D eigenvalue weighted by atomic mass is 16.5. The molecule has 1 atom stereocenters. The Morgan fingerprint density at radius 1 is 1.04 bits per heavy atom. The van der Waals surface area contributed by atoms with Crippen LogP contribution in [-0.2, 0) is 0 Å². The number of allylic oxidation sites excluding steroid dienone is 1. The molecule has 1 aromatic carbocycles. The first-order valence-electron chi connectivity index (χ1n) is 9.05. The lowest BCUT2D eigenvalue weighted by Crippen LogP contribution is -2.38. The number of anilines is 1. The van der Waals surface area contributed by atoms with E-state index in [4.69, 9.17) is 4.74 Å². The Kier molecular flexibility index (Phi) is 6.69. The highest BCUT2D eigenvalue weighted by Gasteiger charge is 2.22. The van der Waals surface area contributed by atoms with Gasteiger partial charge in [-0.3, -0.25) is 4.90 Å². The van der Waals surface area contributed by atoms with Gasteiger partial charge in [0.15, 0.2) is 6.23 Å². The summed E-state index contributed by atoms with van der Waals surface area (Å²) in [7, 11) is 6.38. The normalized spacial score (nSPS) is 16.8. The first-order chi connectivity index (χ1) is 11.5. The van der Waals surface area contributed by atoms with Gasteiger partial charge in [0.1, 0.15) is 5.75 Å². The van der Waals surface area contributed by atoms with Crippen LogP contribution in [0.15, 0.2) is 24.3 Å². The van der Waals surface area contributed by atoms with Crippen molar-refractivity contribution in [3.63, 3.8) is 0 Å². The Bertz CT molecular complexity index is 564. The van der Waals surface area contributed by atoms with Crippen LogP contribution in [0.5, 0.6) is 5.75 Å². The monoisotopic (exact) mass is 331 g/mol. The molecule has 0 saturated heterocycles. The molecule has 1 unspecified atom stereocenters. The van der Waals surface area contributed by atoms with E-state index in [9.17, 15) is 0 Å². The average Bonchev–Trinajstić information content (AvgIpc) is 2.55. The Balaban J connectivity index is 2.12. The maximum atomic E-state index is 6.31. The third-order valence-electron chi connectivity index (χ3n) is 4.71. The van der Waals surface area contributed by atoms with Crippen molar-refractivity contribution in [2.45, 2.75) is 33.4 Å². The van der Waals surface area contributed by atoms with Crippen LogP contribution in [0, 0.1) is 0 Å². The van der Waals surface area contributed by atoms with Gasteiger partial charge in [-0.15, -0.1) is 0 Å². The Morgan fingerprint density at radius 2 is 1.75 bits per heavy atom. The fourth-order valence-corrected chi connectivity index (χ4v) is 3.17. The van der Waals surface area contributed by atoms with Crippen LogP contribution in [-0.4, -0.2) is 63.3 Å². The fourth-order valence-electron chi connectivity index (χ4n) is 3.17. The molecule has 0 spiro atoms. The van der Waals surface area contributed by atoms with E-state index in [1.807, 2.05) is 0 Å². The second-order valence-corrected chi connectivity index (χ2v) is 6.85. The van der Waals surface area contributed by atoms with E-state index in [-0.39, 0.29) is 6.23 Å². The maximum absolute atomic E-state index is 6.31. The van der Waals surface area contributed by atoms with Gasteiger partial charge in [0.2, 0.25) is 0 Å². The summed E-state index contributed by atoms with van der Waals surface area (Å²) in [5.41, 5.74) is 3.75. The molecule has 0 aromatic heterocycles. The van der Waals surface area contributed by atoms with Crippen molar-refractivity contribution in [3.05, 3.63) is 29.8 Å². The van der Waals surface area contributed by atoms with Gasteiger partial charge in [0.25, 0.3) is 0 Å². The van der Waals surface area contributed by atoms with Crippen LogP contribution in [0.1, 0.15) is 32.8 Å². The van der Waals surface area contributed by atoms with Gasteiger partial charge >= 0.3 is 0 Å². The van der Waals surface area contributed by atoms with Crippen LogP contribution in [0.2, 0.25) is 0 Å². The molecule has 134 valence electrons. The molecule has 24 heavy (non-hydrogen) atoms. The van der Waals surface area contributed by atoms with Gasteiger partial charge in [-0.2, -0.15) is 0 Å². The quantitative estimate of drug-likeness (QED) is 0.725. The minimum Gasteiger partial charge on any atom is -0.471 e. The van der Waals surface area contributed by atoms with E-state index in [1.54, 1.807) is 0 Å². The third kappa shape index (κ3) is 4.52. The minimum atomic E-state index is 0.0200. The summed E-state index contributed by atoms with van der Waals surface area (Å²) in [6, 6.07) is 6.59. The number of ether oxygens (including phenoxy) is 1. The summed E-state index contributed by atoms with van der Waals surface area (Å²) in [6.07, 6.45) is 3.39. The highest BCUT2D eigenvalue weighted by molar-refractivity contribution is 5.73. The molecule has 0 saturated carbocycles. The fraction of sp³-hybridized carbons (Fsp3) is 0.600. The third-order valence-corrected chi connectivity index (χ3v) is 4.71. The number of hydrogen-bond acceptors (Lipinski definition) is 4. The van der Waals surface area contributed by atoms with Gasteiger partial charge in [-0.1, -0.05) is 0 Å². The molecule has 4 heteroatoms. The molecule has 0 N–H and O–H groups in total. The predicted octanol–water partition coefficient (Wildman–Crippen LogP) is 3.54. The van der Waals surface area contributed by atoms with Crippen molar-refractivity contribution in [2.75, 3.05) is 52.2 Å². The lowest BCUT2D eigenvalue weighted by Gasteiger charge is -2.32. The predicted molar refractivity (Wildman–Crippen MR) is 104 cm³/mol. The highest BCUT2D eigenvalue weighted by Crippen LogP contribution is 2.35. The Morgan fingerprint density at radius 3 is 2.38 bits per heavy atom. The lowest BCUT2D eigenvalue weighted by molar-refractivity contribution is 0.0797. The zero-order valence-electron chi connectivity index (χ0n) is 16.2. The molecule has 1 aliphatic rings. The largest absolute Gasteiger partial charge is 0.471 e. The van der Waals surface area contributed by atoms with E-state index in [2.05, 4.69) is 80.9 Å². The van der Waals surface area contributed by atoms with E-state index < -0.39 is 0 Å². The van der Waals surface area contributed by atoms with Crippen molar-refractivity contribution >= 4 is 11.3 Å². The lowest BCUT2D eigenvalue weighted by atomic mass is 10.0. The standard InChI is InChI=1S/C20H33N3O/c1-7-23(8-2)17-10-11-18-16(3)14-20(24-19(18)15-17)22(6)13-9-12-21(4)5/h10-11,14-15,20H,7-9,12-13H2,1-6H3. The van der Waals surface area contributed by atoms with Crippen molar-refractivity contribution in [2.24, 2.45) is 0 Å². The first-order valence-corrected chi connectivity index (χ1v) is 9.05. The van der Waals surface area contributed by atoms with Gasteiger partial charge < -0.3 is 14.5 Å². The topological polar surface area (TPSA) is 19.0 Å². The average molecular weight is 332 g/mol. The summed E-state index contributed by atoms with van der Waals surface area (Å²) in [4.78, 5) is 6.87. The van der Waals surface area contributed by atoms with E-state index in [0.717, 1.165) is 38.3 Å². The molecule has 4 nitrogen and oxygen atoms in total. The zero-order valence-corrected chi connectivity index (χ0v) is 16.2. The summed E-state index contributed by atoms with van der Waals surface area (Å²) >= 11 is 0. The number of hydrogen-bond donors (Lipinski definition) is 0. The molecule has 1 aliphatic heterocycles. The second-order valence-electron chi connectivity index (χ2n) is 6.85. The van der Waals surface area contributed by atoms with E-state index in [0.29, 0.717) is 0 Å². The molecule has 0 bridgehead atoms. The molecule has 1 heterocycles. The van der Waals surface area contributed by atoms with Crippen molar-refractivity contribution in [1.29, 1.82) is 0 Å². The zero-order chi connectivity index (χ0) is 17.7. The van der Waals surface area contributed by atoms with Crippen LogP contribution in [0.3, 0.4) is 0 Å². The van der Waals surface area contributed by atoms with Crippen molar-refractivity contribution in [3.8, 4) is 5.75 Å². The number of likely N-dealkylation sites (N-methyl/N-ethyl adjacent to an activating group) is 1. The van der Waals surface area contributed by atoms with E-state index in [1.165, 1.54) is 16.8 Å². The summed E-state index contributed by atoms with van der Waals surface area (Å²) in [5, 5.41) is 0. The van der Waals surface area contributed by atoms with Crippen LogP contribution < -0.4 is 9.64 Å². The van der Waals surface area contributed by atoms with Crippen molar-refractivity contribution < 1.29 is 4.74 Å². The van der Waals surface area contributed by atoms with Crippen LogP contribution in [0.4, 0.5) is 5.69 Å². The SMILES string of the molecule is CCN(CC)c1ccc2c(c1)OC(N(C)CCCN(C)C)C=C2C. The van der Waals surface area contributed by atoms with Gasteiger partial charge in [0.05, 0.1) is 0 Å². The number of fused-ring (bicyclic) bond motifs is 1. The number of nitrogens with zero attached hydrogens (tertiary/aromatic N) is 3. The van der Waals surface area contributed by atoms with Crippen LogP contribution >= 0.6 is 0 Å².